The smallest absolute Gasteiger partial charge is 0.294 e. The van der Waals surface area contributed by atoms with E-state index >= 15 is 0 Å². The quantitative estimate of drug-likeness (QED) is 0.0223. The summed E-state index contributed by atoms with van der Waals surface area (Å²) >= 11 is 6.91. The maximum atomic E-state index is 11.8. The topological polar surface area (TPSA) is 200 Å². The van der Waals surface area contributed by atoms with E-state index in [1.807, 2.05) is 119 Å². The van der Waals surface area contributed by atoms with Crippen molar-refractivity contribution in [2.75, 3.05) is 119 Å². The first-order valence-corrected chi connectivity index (χ1v) is 21.5. The van der Waals surface area contributed by atoms with E-state index in [2.05, 4.69) is 82.9 Å². The molecule has 18 nitrogen and oxygen atoms in total. The minimum Gasteiger partial charge on any atom is -0.494 e. The second-order valence-electron chi connectivity index (χ2n) is 15.0. The molecule has 6 aromatic rings. The summed E-state index contributed by atoms with van der Waals surface area (Å²) in [6.45, 7) is 3.15. The van der Waals surface area contributed by atoms with E-state index in [9.17, 15) is 10.1 Å². The van der Waals surface area contributed by atoms with Crippen LogP contribution in [0.25, 0.3) is 0 Å². The monoisotopic (exact) mass is 1060 g/mol. The molecule has 0 saturated heterocycles. The number of nitrogens with zero attached hydrogens (tertiary/aromatic N) is 9. The van der Waals surface area contributed by atoms with E-state index in [0.29, 0.717) is 58.4 Å². The van der Waals surface area contributed by atoms with Crippen LogP contribution in [0.15, 0.2) is 107 Å². The fourth-order valence-electron chi connectivity index (χ4n) is 6.09. The SMILES string of the molecule is COc1cc(N(C)CCN(C)C)c(N)cc1Nc1cc(Nc2cccc(Br)c2)ncn1.COc1cc(N(C)CCN(C)C)c([N+](=O)[O-])cc1Nc1cc(Nc2cccc(Br)c2)ncn1.[Fe]. The maximum absolute atomic E-state index is 11.8. The summed E-state index contributed by atoms with van der Waals surface area (Å²) in [5.41, 5.74) is 11.3. The average Bonchev–Trinajstić information content (AvgIpc) is 3.25. The van der Waals surface area contributed by atoms with E-state index in [1.165, 1.54) is 25.8 Å². The molecule has 0 aliphatic carbocycles. The average molecular weight is 1060 g/mol. The van der Waals surface area contributed by atoms with Gasteiger partial charge in [0.25, 0.3) is 5.69 Å². The fourth-order valence-corrected chi connectivity index (χ4v) is 6.89. The van der Waals surface area contributed by atoms with Gasteiger partial charge in [0.15, 0.2) is 0 Å². The third kappa shape index (κ3) is 15.6. The zero-order chi connectivity index (χ0) is 46.3. The predicted molar refractivity (Wildman–Crippen MR) is 266 cm³/mol. The van der Waals surface area contributed by atoms with Gasteiger partial charge in [-0.15, -0.1) is 0 Å². The van der Waals surface area contributed by atoms with Crippen molar-refractivity contribution >= 4 is 101 Å². The molecule has 0 unspecified atom stereocenters. The van der Waals surface area contributed by atoms with Gasteiger partial charge >= 0.3 is 0 Å². The van der Waals surface area contributed by atoms with Crippen LogP contribution < -0.4 is 46.3 Å². The number of anilines is 11. The molecule has 346 valence electrons. The molecular weight excluding hydrogens is 1000 g/mol. The predicted octanol–water partition coefficient (Wildman–Crippen LogP) is 8.95. The molecule has 6 N–H and O–H groups in total. The molecule has 0 bridgehead atoms. The molecule has 4 aromatic carbocycles. The fraction of sp³-hybridized carbons (Fsp3) is 0.273. The number of hydrogen-bond acceptors (Lipinski definition) is 17. The summed E-state index contributed by atoms with van der Waals surface area (Å²) in [4.78, 5) is 36.6. The van der Waals surface area contributed by atoms with E-state index in [1.54, 1.807) is 19.2 Å². The van der Waals surface area contributed by atoms with Gasteiger partial charge in [0, 0.05) is 108 Å². The van der Waals surface area contributed by atoms with Crippen molar-refractivity contribution in [1.29, 1.82) is 0 Å². The number of aromatic nitrogens is 4. The van der Waals surface area contributed by atoms with Crippen molar-refractivity contribution < 1.29 is 31.5 Å². The maximum Gasteiger partial charge on any atom is 0.294 e. The molecule has 0 fully saturated rings. The van der Waals surface area contributed by atoms with Gasteiger partial charge in [-0.05, 0) is 70.7 Å². The van der Waals surface area contributed by atoms with Crippen molar-refractivity contribution in [3.63, 3.8) is 0 Å². The molecule has 0 aliphatic heterocycles. The number of nitro benzene ring substituents is 1. The third-order valence-electron chi connectivity index (χ3n) is 9.48. The Balaban J connectivity index is 0.000000281. The van der Waals surface area contributed by atoms with Gasteiger partial charge in [-0.1, -0.05) is 44.0 Å². The summed E-state index contributed by atoms with van der Waals surface area (Å²) in [6.07, 6.45) is 2.91. The van der Waals surface area contributed by atoms with Gasteiger partial charge in [-0.2, -0.15) is 0 Å². The number of rotatable bonds is 19. The van der Waals surface area contributed by atoms with Crippen molar-refractivity contribution in [1.82, 2.24) is 29.7 Å². The largest absolute Gasteiger partial charge is 0.494 e. The second kappa shape index (κ2) is 24.9. The Labute approximate surface area is 407 Å². The molecular formula is C44H54Br2FeN14O4. The molecule has 0 aliphatic rings. The van der Waals surface area contributed by atoms with Crippen LogP contribution in [0.1, 0.15) is 0 Å². The van der Waals surface area contributed by atoms with Crippen LogP contribution in [0.5, 0.6) is 11.5 Å². The Hall–Kier alpha value is -5.96. The molecule has 2 heterocycles. The summed E-state index contributed by atoms with van der Waals surface area (Å²) in [5, 5.41) is 24.7. The summed E-state index contributed by atoms with van der Waals surface area (Å²) in [5.74, 6) is 3.47. The van der Waals surface area contributed by atoms with Crippen molar-refractivity contribution in [3.8, 4) is 11.5 Å². The van der Waals surface area contributed by atoms with Crippen LogP contribution in [0.3, 0.4) is 0 Å². The zero-order valence-corrected chi connectivity index (χ0v) is 41.7. The Morgan fingerprint density at radius 3 is 1.43 bits per heavy atom. The van der Waals surface area contributed by atoms with E-state index in [-0.39, 0.29) is 22.8 Å². The number of nitrogens with two attached hydrogens (primary N) is 1. The molecule has 0 amide bonds. The van der Waals surface area contributed by atoms with Crippen molar-refractivity contribution in [2.24, 2.45) is 0 Å². The standard InChI is InChI=1S/C22H26BrN7O3.C22H28BrN7O.Fe/c1-28(2)8-9-29(3)18-12-20(33-4)17(11-19(18)30(31)32)27-22-13-21(24-14-25-22)26-16-7-5-6-15(23)10-16;1-29(2)8-9-30(3)19-12-20(31-4)18(11-17(19)24)28-22-13-21(25-14-26-22)27-16-7-5-6-15(23)10-16;/h5-7,10-14H,8-9H2,1-4H3,(H2,24,25,26,27);5-7,10-14H,8-9,24H2,1-4H3,(H2,25,26,27,28);. The number of ether oxygens (including phenoxy) is 2. The first-order valence-electron chi connectivity index (χ1n) is 19.9. The Morgan fingerprint density at radius 2 is 1.02 bits per heavy atom. The number of benzene rings is 4. The summed E-state index contributed by atoms with van der Waals surface area (Å²) < 4.78 is 13.1. The molecule has 21 heteroatoms. The number of methoxy groups -OCH3 is 2. The summed E-state index contributed by atoms with van der Waals surface area (Å²) in [7, 11) is 15.0. The number of nitro groups is 1. The summed E-state index contributed by atoms with van der Waals surface area (Å²) in [6, 6.07) is 26.0. The van der Waals surface area contributed by atoms with Gasteiger partial charge in [0.2, 0.25) is 0 Å². The van der Waals surface area contributed by atoms with Gasteiger partial charge in [0.1, 0.15) is 53.1 Å². The van der Waals surface area contributed by atoms with Crippen LogP contribution in [0, 0.1) is 10.1 Å². The number of nitrogens with one attached hydrogen (secondary N) is 4. The first-order chi connectivity index (χ1) is 30.6. The molecule has 0 saturated carbocycles. The van der Waals surface area contributed by atoms with Crippen LogP contribution in [0.2, 0.25) is 0 Å². The van der Waals surface area contributed by atoms with E-state index in [0.717, 1.165) is 51.3 Å². The van der Waals surface area contributed by atoms with Gasteiger partial charge in [-0.25, -0.2) is 19.9 Å². The van der Waals surface area contributed by atoms with Gasteiger partial charge in [0.05, 0.1) is 41.9 Å². The van der Waals surface area contributed by atoms with Gasteiger partial charge < -0.3 is 56.1 Å². The number of nitrogen functional groups attached to an aromatic ring is 1. The van der Waals surface area contributed by atoms with Gasteiger partial charge in [-0.3, -0.25) is 10.1 Å². The normalized spacial score (nSPS) is 10.6. The molecule has 0 radical (unpaired) electrons. The minimum atomic E-state index is -0.396. The molecule has 65 heavy (non-hydrogen) atoms. The van der Waals surface area contributed by atoms with Crippen LogP contribution in [-0.2, 0) is 17.1 Å². The Kier molecular flexibility index (Phi) is 19.8. The first kappa shape index (κ1) is 51.7. The van der Waals surface area contributed by atoms with Crippen molar-refractivity contribution in [2.45, 2.75) is 0 Å². The number of halogens is 2. The molecule has 0 spiro atoms. The molecule has 2 aromatic heterocycles. The second-order valence-corrected chi connectivity index (χ2v) is 16.8. The van der Waals surface area contributed by atoms with E-state index < -0.39 is 4.92 Å². The van der Waals surface area contributed by atoms with Crippen LogP contribution in [-0.4, -0.2) is 117 Å². The minimum absolute atomic E-state index is 0. The number of likely N-dealkylation sites (N-methyl/N-ethyl adjacent to an activating group) is 4. The van der Waals surface area contributed by atoms with Crippen LogP contribution in [0.4, 0.5) is 68.8 Å². The van der Waals surface area contributed by atoms with E-state index in [4.69, 9.17) is 15.2 Å². The third-order valence-corrected chi connectivity index (χ3v) is 10.5. The molecule has 6 rings (SSSR count). The van der Waals surface area contributed by atoms with Crippen LogP contribution >= 0.6 is 31.9 Å². The van der Waals surface area contributed by atoms with Crippen molar-refractivity contribution in [3.05, 3.63) is 117 Å². The Bertz CT molecular complexity index is 2500. The Morgan fingerprint density at radius 1 is 0.600 bits per heavy atom. The molecule has 0 atom stereocenters. The zero-order valence-electron chi connectivity index (χ0n) is 37.4. The number of hydrogen-bond donors (Lipinski definition) is 5.